The Bertz CT molecular complexity index is 962. The van der Waals surface area contributed by atoms with Crippen LogP contribution in [0.1, 0.15) is 19.4 Å². The smallest absolute Gasteiger partial charge is 0.282 e. The fraction of sp³-hybridized carbons (Fsp3) is 0.350. The van der Waals surface area contributed by atoms with E-state index in [9.17, 15) is 13.2 Å². The highest BCUT2D eigenvalue weighted by atomic mass is 32.2. The van der Waals surface area contributed by atoms with Crippen LogP contribution in [0.5, 0.6) is 11.5 Å². The van der Waals surface area contributed by atoms with Crippen LogP contribution in [0.4, 0.5) is 5.69 Å². The third-order valence-corrected chi connectivity index (χ3v) is 5.48. The second-order valence-electron chi connectivity index (χ2n) is 6.73. The van der Waals surface area contributed by atoms with Crippen LogP contribution >= 0.6 is 0 Å². The summed E-state index contributed by atoms with van der Waals surface area (Å²) in [5.74, 6) is 1.10. The number of hydrogen-bond donors (Lipinski definition) is 3. The normalized spacial score (nSPS) is 13.4. The molecular weight excluding hydrogens is 394 g/mol. The Morgan fingerprint density at radius 1 is 1.21 bits per heavy atom. The van der Waals surface area contributed by atoms with Gasteiger partial charge in [0.1, 0.15) is 6.54 Å². The number of likely N-dealkylation sites (N-methyl/N-ethyl adjacent to an activating group) is 1. The van der Waals surface area contributed by atoms with Crippen molar-refractivity contribution in [1.82, 2.24) is 0 Å². The number of nitrogens with one attached hydrogen (secondary N) is 2. The highest BCUT2D eigenvalue weighted by molar-refractivity contribution is 7.89. The van der Waals surface area contributed by atoms with E-state index in [2.05, 4.69) is 5.32 Å². The van der Waals surface area contributed by atoms with Crippen molar-refractivity contribution in [2.75, 3.05) is 26.1 Å². The van der Waals surface area contributed by atoms with E-state index in [4.69, 9.17) is 14.6 Å². The summed E-state index contributed by atoms with van der Waals surface area (Å²) in [6.07, 6.45) is 0. The Morgan fingerprint density at radius 3 is 2.55 bits per heavy atom. The average Bonchev–Trinajstić information content (AvgIpc) is 2.68. The lowest BCUT2D eigenvalue weighted by Crippen LogP contribution is -3.12. The second kappa shape index (κ2) is 9.73. The Morgan fingerprint density at radius 2 is 1.93 bits per heavy atom. The number of sulfonamides is 1. The molecule has 0 saturated heterocycles. The third-order valence-electron chi connectivity index (χ3n) is 4.57. The summed E-state index contributed by atoms with van der Waals surface area (Å²) in [6.45, 7) is 4.85. The third kappa shape index (κ3) is 6.18. The van der Waals surface area contributed by atoms with Gasteiger partial charge in [0.15, 0.2) is 17.5 Å². The summed E-state index contributed by atoms with van der Waals surface area (Å²) in [5.41, 5.74) is 1.38. The summed E-state index contributed by atoms with van der Waals surface area (Å²) in [6, 6.07) is 11.2. The predicted octanol–water partition coefficient (Wildman–Crippen LogP) is 0.783. The molecule has 29 heavy (non-hydrogen) atoms. The molecule has 0 spiro atoms. The van der Waals surface area contributed by atoms with Crippen LogP contribution in [0.25, 0.3) is 0 Å². The molecule has 9 heteroatoms. The first-order chi connectivity index (χ1) is 13.7. The topological polar surface area (TPSA) is 112 Å². The maximum atomic E-state index is 12.6. The molecule has 0 aliphatic carbocycles. The molecule has 0 bridgehead atoms. The SMILES string of the molecule is CCOc1ccc(C[NH+](C)[C@H](C)C(=O)Nc2cccc(S(N)(=O)=O)c2)cc1OC. The lowest BCUT2D eigenvalue weighted by molar-refractivity contribution is -0.907. The molecule has 1 amide bonds. The number of hydrogen-bond acceptors (Lipinski definition) is 5. The molecule has 8 nitrogen and oxygen atoms in total. The number of anilines is 1. The maximum absolute atomic E-state index is 12.6. The molecule has 0 saturated carbocycles. The van der Waals surface area contributed by atoms with E-state index in [1.165, 1.54) is 18.2 Å². The number of rotatable bonds is 9. The number of carbonyl (C=O) groups is 1. The van der Waals surface area contributed by atoms with Crippen molar-refractivity contribution >= 4 is 21.6 Å². The Balaban J connectivity index is 2.06. The Labute approximate surface area is 171 Å². The van der Waals surface area contributed by atoms with Crippen LogP contribution in [0.3, 0.4) is 0 Å². The van der Waals surface area contributed by atoms with Crippen molar-refractivity contribution in [3.63, 3.8) is 0 Å². The van der Waals surface area contributed by atoms with Gasteiger partial charge in [-0.1, -0.05) is 6.07 Å². The van der Waals surface area contributed by atoms with Crippen molar-refractivity contribution in [3.05, 3.63) is 48.0 Å². The molecule has 0 fully saturated rings. The van der Waals surface area contributed by atoms with Gasteiger partial charge in [-0.2, -0.15) is 0 Å². The highest BCUT2D eigenvalue weighted by Gasteiger charge is 2.23. The minimum absolute atomic E-state index is 0.0508. The summed E-state index contributed by atoms with van der Waals surface area (Å²) in [7, 11) is -0.334. The fourth-order valence-corrected chi connectivity index (χ4v) is 3.36. The number of amides is 1. The minimum atomic E-state index is -3.83. The second-order valence-corrected chi connectivity index (χ2v) is 8.29. The van der Waals surface area contributed by atoms with E-state index >= 15 is 0 Å². The zero-order valence-electron chi connectivity index (χ0n) is 17.1. The summed E-state index contributed by atoms with van der Waals surface area (Å²) >= 11 is 0. The van der Waals surface area contributed by atoms with Crippen molar-refractivity contribution in [2.24, 2.45) is 5.14 Å². The first kappa shape index (κ1) is 22.7. The van der Waals surface area contributed by atoms with E-state index in [-0.39, 0.29) is 16.8 Å². The molecule has 2 rings (SSSR count). The lowest BCUT2D eigenvalue weighted by atomic mass is 10.1. The van der Waals surface area contributed by atoms with Gasteiger partial charge in [-0.15, -0.1) is 0 Å². The molecule has 2 aromatic carbocycles. The van der Waals surface area contributed by atoms with Gasteiger partial charge in [-0.3, -0.25) is 4.79 Å². The van der Waals surface area contributed by atoms with Gasteiger partial charge in [-0.05, 0) is 50.2 Å². The standard InChI is InChI=1S/C20H27N3O5S/c1-5-28-18-10-9-15(11-19(18)27-4)13-23(3)14(2)20(24)22-16-7-6-8-17(12-16)29(21,25)26/h6-12,14H,5,13H2,1-4H3,(H,22,24)(H2,21,25,26)/p+1/t14-/m1/s1. The van der Waals surface area contributed by atoms with E-state index in [1.54, 1.807) is 20.1 Å². The van der Waals surface area contributed by atoms with E-state index in [0.29, 0.717) is 30.3 Å². The van der Waals surface area contributed by atoms with Crippen LogP contribution in [0.15, 0.2) is 47.4 Å². The maximum Gasteiger partial charge on any atom is 0.282 e. The highest BCUT2D eigenvalue weighted by Crippen LogP contribution is 2.27. The quantitative estimate of drug-likeness (QED) is 0.553. The molecule has 0 heterocycles. The van der Waals surface area contributed by atoms with E-state index in [0.717, 1.165) is 10.5 Å². The van der Waals surface area contributed by atoms with Crippen LogP contribution < -0.4 is 24.8 Å². The number of benzene rings is 2. The molecule has 0 aliphatic heterocycles. The van der Waals surface area contributed by atoms with Gasteiger partial charge >= 0.3 is 0 Å². The first-order valence-electron chi connectivity index (χ1n) is 9.21. The molecule has 2 aromatic rings. The largest absolute Gasteiger partial charge is 0.493 e. The van der Waals surface area contributed by atoms with Crippen molar-refractivity contribution < 1.29 is 27.6 Å². The lowest BCUT2D eigenvalue weighted by Gasteiger charge is -2.22. The van der Waals surface area contributed by atoms with Crippen molar-refractivity contribution in [1.29, 1.82) is 0 Å². The molecular formula is C20H28N3O5S+. The number of quaternary nitrogens is 1. The molecule has 0 radical (unpaired) electrons. The van der Waals surface area contributed by atoms with Gasteiger partial charge in [0.2, 0.25) is 10.0 Å². The number of carbonyl (C=O) groups excluding carboxylic acids is 1. The number of methoxy groups -OCH3 is 1. The Kier molecular flexibility index (Phi) is 7.60. The molecule has 0 aromatic heterocycles. The van der Waals surface area contributed by atoms with Gasteiger partial charge in [0.25, 0.3) is 5.91 Å². The zero-order valence-corrected chi connectivity index (χ0v) is 17.9. The minimum Gasteiger partial charge on any atom is -0.493 e. The number of primary sulfonamides is 1. The van der Waals surface area contributed by atoms with Crippen LogP contribution in [-0.4, -0.2) is 41.1 Å². The average molecular weight is 423 g/mol. The van der Waals surface area contributed by atoms with Gasteiger partial charge in [0, 0.05) is 11.3 Å². The number of ether oxygens (including phenoxy) is 2. The zero-order chi connectivity index (χ0) is 21.6. The molecule has 4 N–H and O–H groups in total. The fourth-order valence-electron chi connectivity index (χ4n) is 2.80. The van der Waals surface area contributed by atoms with Gasteiger partial charge in [0.05, 0.1) is 25.7 Å². The van der Waals surface area contributed by atoms with Crippen LogP contribution in [0.2, 0.25) is 0 Å². The van der Waals surface area contributed by atoms with Gasteiger partial charge in [-0.25, -0.2) is 13.6 Å². The van der Waals surface area contributed by atoms with Crippen molar-refractivity contribution in [3.8, 4) is 11.5 Å². The molecule has 0 aliphatic rings. The Hall–Kier alpha value is -2.62. The van der Waals surface area contributed by atoms with E-state index in [1.807, 2.05) is 32.2 Å². The monoisotopic (exact) mass is 422 g/mol. The van der Waals surface area contributed by atoms with E-state index < -0.39 is 10.0 Å². The van der Waals surface area contributed by atoms with Crippen LogP contribution in [-0.2, 0) is 21.4 Å². The summed E-state index contributed by atoms with van der Waals surface area (Å²) in [5, 5.41) is 7.88. The predicted molar refractivity (Wildman–Crippen MR) is 111 cm³/mol. The summed E-state index contributed by atoms with van der Waals surface area (Å²) in [4.78, 5) is 13.5. The number of nitrogens with two attached hydrogens (primary N) is 1. The first-order valence-corrected chi connectivity index (χ1v) is 10.8. The molecule has 2 atom stereocenters. The summed E-state index contributed by atoms with van der Waals surface area (Å²) < 4.78 is 33.8. The van der Waals surface area contributed by atoms with Crippen LogP contribution in [0, 0.1) is 0 Å². The van der Waals surface area contributed by atoms with Crippen molar-refractivity contribution in [2.45, 2.75) is 31.3 Å². The van der Waals surface area contributed by atoms with Gasteiger partial charge < -0.3 is 19.7 Å². The molecule has 158 valence electrons. The molecule has 1 unspecified atom stereocenters.